The Bertz CT molecular complexity index is 1170. The second kappa shape index (κ2) is 38.1. The molecular weight excluding hydrogens is 703 g/mol. The third-order valence-electron chi connectivity index (χ3n) is 11.0. The lowest BCUT2D eigenvalue weighted by Gasteiger charge is -2.22. The average Bonchev–Trinajstić information content (AvgIpc) is 3.18. The first-order valence-electron chi connectivity index (χ1n) is 23.8. The fraction of sp³-hybridized carbons (Fsp3) is 0.872. The zero-order valence-corrected chi connectivity index (χ0v) is 36.7. The van der Waals surface area contributed by atoms with E-state index < -0.39 is 0 Å². The van der Waals surface area contributed by atoms with E-state index in [1.807, 2.05) is 0 Å². The van der Waals surface area contributed by atoms with E-state index in [2.05, 4.69) is 30.7 Å². The summed E-state index contributed by atoms with van der Waals surface area (Å²) >= 11 is 0. The largest absolute Gasteiger partial charge is 0.466 e. The Morgan fingerprint density at radius 1 is 0.571 bits per heavy atom. The molecule has 56 heavy (non-hydrogen) atoms. The first-order valence-corrected chi connectivity index (χ1v) is 23.8. The number of rotatable bonds is 41. The van der Waals surface area contributed by atoms with Crippen LogP contribution < -0.4 is 11.2 Å². The van der Waals surface area contributed by atoms with Gasteiger partial charge in [-0.2, -0.15) is 0 Å². The van der Waals surface area contributed by atoms with Gasteiger partial charge in [0, 0.05) is 31.6 Å². The van der Waals surface area contributed by atoms with Crippen LogP contribution in [0.15, 0.2) is 21.9 Å². The number of nitrogens with one attached hydrogen (secondary N) is 1. The van der Waals surface area contributed by atoms with Crippen LogP contribution in [0.4, 0.5) is 0 Å². The number of aromatic nitrogens is 2. The summed E-state index contributed by atoms with van der Waals surface area (Å²) < 4.78 is 13.0. The zero-order chi connectivity index (χ0) is 40.7. The van der Waals surface area contributed by atoms with Crippen molar-refractivity contribution in [3.63, 3.8) is 0 Å². The van der Waals surface area contributed by atoms with E-state index in [0.29, 0.717) is 26.0 Å². The highest BCUT2D eigenvalue weighted by atomic mass is 16.5. The smallest absolute Gasteiger partial charge is 0.328 e. The van der Waals surface area contributed by atoms with Gasteiger partial charge in [-0.1, -0.05) is 149 Å². The predicted molar refractivity (Wildman–Crippen MR) is 233 cm³/mol. The number of carbonyl (C=O) groups excluding carboxylic acids is 2. The van der Waals surface area contributed by atoms with Crippen molar-refractivity contribution in [3.05, 3.63) is 33.1 Å². The van der Waals surface area contributed by atoms with Gasteiger partial charge in [-0.05, 0) is 83.8 Å². The van der Waals surface area contributed by atoms with Crippen molar-refractivity contribution in [2.24, 2.45) is 0 Å². The van der Waals surface area contributed by atoms with E-state index in [4.69, 9.17) is 9.47 Å². The number of unbranched alkanes of at least 4 members (excludes halogenated alkanes) is 22. The number of aromatic amines is 1. The standard InChI is InChI=1S/C47H87N3O6/c1-4-7-10-13-18-25-33-43(32-24-17-12-9-6-3)56-46(53)35-27-20-16-22-29-38-49(39-31-40-50-41-36-44(51)48-47(50)54)37-28-21-15-19-26-34-45(52)55-42-30-23-14-11-8-5-2/h36,41,43H,4-35,37-40,42H2,1-3H3,(H,48,51,54). The Balaban J connectivity index is 2.35. The van der Waals surface area contributed by atoms with Crippen LogP contribution in [0.25, 0.3) is 0 Å². The molecule has 0 saturated carbocycles. The molecule has 0 aromatic carbocycles. The molecular formula is C47H87N3O6. The minimum atomic E-state index is -0.365. The van der Waals surface area contributed by atoms with E-state index in [0.717, 1.165) is 129 Å². The van der Waals surface area contributed by atoms with Crippen molar-refractivity contribution < 1.29 is 19.1 Å². The molecule has 0 aliphatic heterocycles. The van der Waals surface area contributed by atoms with Crippen molar-refractivity contribution in [2.45, 2.75) is 239 Å². The number of hydrogen-bond acceptors (Lipinski definition) is 7. The van der Waals surface area contributed by atoms with Gasteiger partial charge in [0.1, 0.15) is 6.10 Å². The van der Waals surface area contributed by atoms with Crippen molar-refractivity contribution in [1.82, 2.24) is 14.5 Å². The van der Waals surface area contributed by atoms with Crippen molar-refractivity contribution in [3.8, 4) is 0 Å². The van der Waals surface area contributed by atoms with Crippen LogP contribution in [0.5, 0.6) is 0 Å². The molecule has 1 N–H and O–H groups in total. The molecule has 0 spiro atoms. The second-order valence-corrected chi connectivity index (χ2v) is 16.4. The van der Waals surface area contributed by atoms with Crippen LogP contribution in [-0.4, -0.2) is 58.7 Å². The van der Waals surface area contributed by atoms with Crippen LogP contribution in [0.3, 0.4) is 0 Å². The molecule has 1 heterocycles. The Morgan fingerprint density at radius 3 is 1.55 bits per heavy atom. The quantitative estimate of drug-likeness (QED) is 0.0519. The Kier molecular flexibility index (Phi) is 35.1. The van der Waals surface area contributed by atoms with E-state index in [-0.39, 0.29) is 29.3 Å². The maximum Gasteiger partial charge on any atom is 0.328 e. The topological polar surface area (TPSA) is 111 Å². The molecule has 9 nitrogen and oxygen atoms in total. The molecule has 0 saturated heterocycles. The van der Waals surface area contributed by atoms with Gasteiger partial charge in [0.05, 0.1) is 6.61 Å². The summed E-state index contributed by atoms with van der Waals surface area (Å²) in [6.07, 6.45) is 37.2. The Morgan fingerprint density at radius 2 is 1.02 bits per heavy atom. The van der Waals surface area contributed by atoms with E-state index in [1.165, 1.54) is 89.5 Å². The minimum absolute atomic E-state index is 0.00857. The highest BCUT2D eigenvalue weighted by Crippen LogP contribution is 2.18. The molecule has 1 atom stereocenters. The lowest BCUT2D eigenvalue weighted by Crippen LogP contribution is -2.31. The maximum atomic E-state index is 12.8. The molecule has 1 aromatic heterocycles. The van der Waals surface area contributed by atoms with Crippen LogP contribution >= 0.6 is 0 Å². The molecule has 1 aromatic rings. The van der Waals surface area contributed by atoms with Crippen molar-refractivity contribution in [1.29, 1.82) is 0 Å². The summed E-state index contributed by atoms with van der Waals surface area (Å²) in [7, 11) is 0. The number of hydrogen-bond donors (Lipinski definition) is 1. The van der Waals surface area contributed by atoms with Crippen LogP contribution in [-0.2, 0) is 25.6 Å². The van der Waals surface area contributed by atoms with Crippen molar-refractivity contribution >= 4 is 11.9 Å². The van der Waals surface area contributed by atoms with Crippen LogP contribution in [0.2, 0.25) is 0 Å². The zero-order valence-electron chi connectivity index (χ0n) is 36.7. The first-order chi connectivity index (χ1) is 27.4. The molecule has 0 fully saturated rings. The normalized spacial score (nSPS) is 12.0. The molecule has 0 aliphatic carbocycles. The SMILES string of the molecule is CCCCCCCCOC(=O)CCCCCCCN(CCCCCCCC(=O)OC(CCCCCCC)CCCCCCCC)CCCn1ccc(=O)[nH]c1=O. The number of nitrogens with zero attached hydrogens (tertiary/aromatic N) is 2. The predicted octanol–water partition coefficient (Wildman–Crippen LogP) is 11.8. The Hall–Kier alpha value is -2.42. The van der Waals surface area contributed by atoms with E-state index in [9.17, 15) is 19.2 Å². The molecule has 0 aliphatic rings. The average molecular weight is 790 g/mol. The second-order valence-electron chi connectivity index (χ2n) is 16.4. The summed E-state index contributed by atoms with van der Waals surface area (Å²) in [4.78, 5) is 53.3. The molecule has 0 bridgehead atoms. The molecule has 326 valence electrons. The van der Waals surface area contributed by atoms with Gasteiger partial charge in [-0.15, -0.1) is 0 Å². The van der Waals surface area contributed by atoms with Gasteiger partial charge in [0.2, 0.25) is 0 Å². The molecule has 1 rings (SSSR count). The summed E-state index contributed by atoms with van der Waals surface area (Å²) in [6, 6.07) is 1.40. The summed E-state index contributed by atoms with van der Waals surface area (Å²) in [6.45, 7) is 10.8. The lowest BCUT2D eigenvalue weighted by molar-refractivity contribution is -0.150. The first kappa shape index (κ1) is 51.6. The summed E-state index contributed by atoms with van der Waals surface area (Å²) in [5.74, 6) is -0.0621. The van der Waals surface area contributed by atoms with Crippen LogP contribution in [0, 0.1) is 0 Å². The molecule has 9 heteroatoms. The number of ether oxygens (including phenoxy) is 2. The number of carbonyl (C=O) groups is 2. The third kappa shape index (κ3) is 31.6. The molecule has 0 radical (unpaired) electrons. The van der Waals surface area contributed by atoms with Crippen molar-refractivity contribution in [2.75, 3.05) is 26.2 Å². The fourth-order valence-electron chi connectivity index (χ4n) is 7.47. The summed E-state index contributed by atoms with van der Waals surface area (Å²) in [5, 5.41) is 0. The maximum absolute atomic E-state index is 12.8. The van der Waals surface area contributed by atoms with Gasteiger partial charge in [0.15, 0.2) is 0 Å². The van der Waals surface area contributed by atoms with Crippen LogP contribution in [0.1, 0.15) is 226 Å². The molecule has 0 amide bonds. The monoisotopic (exact) mass is 790 g/mol. The number of esters is 2. The minimum Gasteiger partial charge on any atom is -0.466 e. The van der Waals surface area contributed by atoms with Gasteiger partial charge < -0.3 is 18.9 Å². The van der Waals surface area contributed by atoms with Gasteiger partial charge in [0.25, 0.3) is 5.56 Å². The van der Waals surface area contributed by atoms with Gasteiger partial charge in [-0.3, -0.25) is 19.4 Å². The van der Waals surface area contributed by atoms with E-state index >= 15 is 0 Å². The highest BCUT2D eigenvalue weighted by molar-refractivity contribution is 5.69. The van der Waals surface area contributed by atoms with Gasteiger partial charge in [-0.25, -0.2) is 4.79 Å². The summed E-state index contributed by atoms with van der Waals surface area (Å²) in [5.41, 5.74) is -0.717. The molecule has 1 unspecified atom stereocenters. The van der Waals surface area contributed by atoms with Gasteiger partial charge >= 0.3 is 17.6 Å². The highest BCUT2D eigenvalue weighted by Gasteiger charge is 2.14. The third-order valence-corrected chi connectivity index (χ3v) is 11.0. The lowest BCUT2D eigenvalue weighted by atomic mass is 10.0. The number of H-pyrrole nitrogens is 1. The van der Waals surface area contributed by atoms with E-state index in [1.54, 1.807) is 10.8 Å². The number of aryl methyl sites for hydroxylation is 1. The Labute approximate surface area is 342 Å². The fourth-order valence-corrected chi connectivity index (χ4v) is 7.47.